The van der Waals surface area contributed by atoms with Crippen LogP contribution in [0, 0.1) is 0 Å². The number of halogens is 1. The number of carbonyl (C=O) groups excluding carboxylic acids is 2. The van der Waals surface area contributed by atoms with E-state index in [9.17, 15) is 29.7 Å². The average molecular weight is 677 g/mol. The zero-order chi connectivity index (χ0) is 30.0. The second kappa shape index (κ2) is 12.4. The van der Waals surface area contributed by atoms with Gasteiger partial charge in [-0.3, -0.25) is 14.5 Å². The summed E-state index contributed by atoms with van der Waals surface area (Å²) in [5.41, 5.74) is 1.16. The molecule has 14 nitrogen and oxygen atoms in total. The van der Waals surface area contributed by atoms with E-state index in [1.54, 1.807) is 19.2 Å². The number of carboxylic acid groups (broad SMARTS) is 1. The topological polar surface area (TPSA) is 192 Å². The Bertz CT molecular complexity index is 1610. The van der Waals surface area contributed by atoms with E-state index in [-0.39, 0.29) is 35.3 Å². The Morgan fingerprint density at radius 2 is 2.00 bits per heavy atom. The fourth-order valence-electron chi connectivity index (χ4n) is 4.16. The van der Waals surface area contributed by atoms with Gasteiger partial charge in [-0.05, 0) is 73.9 Å². The van der Waals surface area contributed by atoms with Crippen molar-refractivity contribution in [3.8, 4) is 11.5 Å². The number of hydrogen-bond donors (Lipinski definition) is 4. The molecule has 17 heteroatoms. The number of aromatic nitrogens is 4. The second-order valence-corrected chi connectivity index (χ2v) is 11.9. The first-order valence-electron chi connectivity index (χ1n) is 12.2. The number of fused-ring (bicyclic) bond motifs is 1. The number of nitrogens with one attached hydrogen (secondary N) is 1. The maximum atomic E-state index is 13.4. The minimum absolute atomic E-state index is 0.0109. The number of aryl methyl sites for hydroxylation is 1. The number of phenols is 2. The van der Waals surface area contributed by atoms with E-state index in [1.165, 1.54) is 63.4 Å². The summed E-state index contributed by atoms with van der Waals surface area (Å²) in [6, 6.07) is 9.50. The fraction of sp³-hybridized carbons (Fsp3) is 0.240. The number of thioether (sulfide) groups is 2. The molecular weight excluding hydrogens is 654 g/mol. The molecule has 2 amide bonds. The minimum atomic E-state index is -1.25. The molecule has 2 atom stereocenters. The number of nitrogens with zero attached hydrogens (tertiary/aromatic N) is 6. The normalized spacial score (nSPS) is 18.4. The summed E-state index contributed by atoms with van der Waals surface area (Å²) >= 11 is 5.79. The highest BCUT2D eigenvalue weighted by atomic mass is 79.9. The summed E-state index contributed by atoms with van der Waals surface area (Å²) in [4.78, 5) is 45.3. The predicted molar refractivity (Wildman–Crippen MR) is 154 cm³/mol. The number of phenolic OH excluding ortho intramolecular Hbond substituents is 2. The summed E-state index contributed by atoms with van der Waals surface area (Å²) in [5, 5.41) is 47.2. The Kier molecular flexibility index (Phi) is 8.69. The zero-order valence-electron chi connectivity index (χ0n) is 21.7. The van der Waals surface area contributed by atoms with Crippen LogP contribution >= 0.6 is 39.5 Å². The molecule has 2 aliphatic heterocycles. The number of carboxylic acids is 1. The van der Waals surface area contributed by atoms with E-state index in [2.05, 4.69) is 41.9 Å². The largest absolute Gasteiger partial charge is 0.508 e. The maximum absolute atomic E-state index is 13.4. The van der Waals surface area contributed by atoms with Crippen LogP contribution in [0.25, 0.3) is 0 Å². The highest BCUT2D eigenvalue weighted by Crippen LogP contribution is 2.41. The summed E-state index contributed by atoms with van der Waals surface area (Å²) in [6.45, 7) is -0.0672. The Labute approximate surface area is 254 Å². The van der Waals surface area contributed by atoms with Crippen molar-refractivity contribution in [2.45, 2.75) is 23.2 Å². The van der Waals surface area contributed by atoms with E-state index in [0.717, 1.165) is 0 Å². The lowest BCUT2D eigenvalue weighted by molar-refractivity contribution is -0.150. The fourth-order valence-corrected chi connectivity index (χ4v) is 6.74. The lowest BCUT2D eigenvalue weighted by atomic mass is 10.0. The third-order valence-electron chi connectivity index (χ3n) is 6.25. The summed E-state index contributed by atoms with van der Waals surface area (Å²) in [6.07, 6.45) is 0. The van der Waals surface area contributed by atoms with Gasteiger partial charge in [0.15, 0.2) is 5.71 Å². The number of aliphatic carboxylic acids is 1. The SMILES string of the molecule is Cn1nnnc1SCC1=C(C(=O)O)N2C(=O)C(NC(=O)/C(=N/OCc3ccc(Br)c(O)c3)c3ccc(O)cc3)[C@H]2SC1. The Hall–Kier alpha value is -4.09. The highest BCUT2D eigenvalue weighted by molar-refractivity contribution is 9.10. The van der Waals surface area contributed by atoms with Gasteiger partial charge in [0, 0.05) is 24.1 Å². The van der Waals surface area contributed by atoms with Gasteiger partial charge in [-0.1, -0.05) is 23.0 Å². The monoisotopic (exact) mass is 675 g/mol. The van der Waals surface area contributed by atoms with Crippen molar-refractivity contribution in [2.24, 2.45) is 12.2 Å². The van der Waals surface area contributed by atoms with Gasteiger partial charge in [-0.15, -0.1) is 16.9 Å². The summed E-state index contributed by atoms with van der Waals surface area (Å²) in [7, 11) is 1.67. The average Bonchev–Trinajstić information content (AvgIpc) is 3.38. The number of amides is 2. The quantitative estimate of drug-likeness (QED) is 0.106. The van der Waals surface area contributed by atoms with Crippen LogP contribution < -0.4 is 5.32 Å². The first kappa shape index (κ1) is 29.4. The molecule has 1 unspecified atom stereocenters. The van der Waals surface area contributed by atoms with Gasteiger partial charge in [-0.2, -0.15) is 0 Å². The molecule has 1 saturated heterocycles. The van der Waals surface area contributed by atoms with Crippen molar-refractivity contribution in [3.63, 3.8) is 0 Å². The van der Waals surface area contributed by atoms with E-state index in [0.29, 0.717) is 32.1 Å². The van der Waals surface area contributed by atoms with Crippen molar-refractivity contribution in [2.75, 3.05) is 11.5 Å². The van der Waals surface area contributed by atoms with Crippen molar-refractivity contribution in [3.05, 3.63) is 69.3 Å². The molecule has 0 spiro atoms. The van der Waals surface area contributed by atoms with Crippen LogP contribution in [0.5, 0.6) is 11.5 Å². The molecule has 218 valence electrons. The number of benzene rings is 2. The molecule has 3 heterocycles. The van der Waals surface area contributed by atoms with Crippen LogP contribution in [0.1, 0.15) is 11.1 Å². The van der Waals surface area contributed by atoms with Crippen LogP contribution in [0.15, 0.2) is 68.5 Å². The van der Waals surface area contributed by atoms with Gasteiger partial charge in [0.1, 0.15) is 35.2 Å². The first-order valence-corrected chi connectivity index (χ1v) is 15.0. The van der Waals surface area contributed by atoms with Crippen LogP contribution in [-0.4, -0.2) is 86.8 Å². The molecular formula is C25H22BrN7O7S2. The number of hydrogen-bond acceptors (Lipinski definition) is 12. The van der Waals surface area contributed by atoms with Crippen molar-refractivity contribution >= 4 is 62.9 Å². The van der Waals surface area contributed by atoms with Crippen LogP contribution in [0.4, 0.5) is 0 Å². The summed E-state index contributed by atoms with van der Waals surface area (Å²) in [5.74, 6) is -1.97. The molecule has 1 aromatic heterocycles. The second-order valence-electron chi connectivity index (χ2n) is 9.04. The molecule has 0 bridgehead atoms. The van der Waals surface area contributed by atoms with E-state index in [1.807, 2.05) is 0 Å². The number of carbonyl (C=O) groups is 3. The van der Waals surface area contributed by atoms with Crippen molar-refractivity contribution < 1.29 is 34.5 Å². The van der Waals surface area contributed by atoms with Crippen LogP contribution in [-0.2, 0) is 32.9 Å². The molecule has 2 aliphatic rings. The maximum Gasteiger partial charge on any atom is 0.352 e. The molecule has 0 radical (unpaired) electrons. The standard InChI is InChI=1S/C25H22BrN7O7S2/c1-32-25(28-30-31-32)42-11-14-10-41-23-19(22(37)33(23)20(14)24(38)39)27-21(36)18(13-3-5-15(34)6-4-13)29-40-9-12-2-7-16(26)17(35)8-12/h2-8,19,23,34-35H,9-11H2,1H3,(H,27,36)(H,38,39)/b29-18+/t19?,23-/m1/s1. The molecule has 3 aromatic rings. The smallest absolute Gasteiger partial charge is 0.352 e. The van der Waals surface area contributed by atoms with Crippen molar-refractivity contribution in [1.82, 2.24) is 30.4 Å². The number of rotatable bonds is 10. The Morgan fingerprint density at radius 1 is 1.24 bits per heavy atom. The van der Waals surface area contributed by atoms with Gasteiger partial charge in [0.05, 0.1) is 4.47 Å². The van der Waals surface area contributed by atoms with Gasteiger partial charge >= 0.3 is 5.97 Å². The summed E-state index contributed by atoms with van der Waals surface area (Å²) < 4.78 is 1.97. The number of oxime groups is 1. The molecule has 4 N–H and O–H groups in total. The third kappa shape index (κ3) is 6.07. The van der Waals surface area contributed by atoms with E-state index < -0.39 is 29.2 Å². The number of β-lactam (4-membered cyclic amide) rings is 1. The highest BCUT2D eigenvalue weighted by Gasteiger charge is 2.54. The van der Waals surface area contributed by atoms with Crippen LogP contribution in [0.2, 0.25) is 0 Å². The van der Waals surface area contributed by atoms with Gasteiger partial charge < -0.3 is 25.5 Å². The zero-order valence-corrected chi connectivity index (χ0v) is 24.9. The lowest BCUT2D eigenvalue weighted by Gasteiger charge is -2.49. The molecule has 1 fully saturated rings. The van der Waals surface area contributed by atoms with E-state index in [4.69, 9.17) is 4.84 Å². The van der Waals surface area contributed by atoms with Crippen molar-refractivity contribution in [1.29, 1.82) is 0 Å². The first-order chi connectivity index (χ1) is 20.1. The van der Waals surface area contributed by atoms with Gasteiger partial charge in [-0.25, -0.2) is 9.48 Å². The number of tetrazole rings is 1. The molecule has 5 rings (SSSR count). The predicted octanol–water partition coefficient (Wildman–Crippen LogP) is 1.84. The third-order valence-corrected chi connectivity index (χ3v) is 9.35. The molecule has 0 aliphatic carbocycles. The Morgan fingerprint density at radius 3 is 2.67 bits per heavy atom. The Balaban J connectivity index is 1.31. The van der Waals surface area contributed by atoms with Gasteiger partial charge in [0.25, 0.3) is 11.8 Å². The molecule has 0 saturated carbocycles. The molecule has 2 aromatic carbocycles. The van der Waals surface area contributed by atoms with Gasteiger partial charge in [0.2, 0.25) is 5.16 Å². The van der Waals surface area contributed by atoms with Crippen LogP contribution in [0.3, 0.4) is 0 Å². The molecule has 42 heavy (non-hydrogen) atoms. The lowest BCUT2D eigenvalue weighted by Crippen LogP contribution is -2.71. The number of aromatic hydroxyl groups is 2. The van der Waals surface area contributed by atoms with E-state index >= 15 is 0 Å². The minimum Gasteiger partial charge on any atom is -0.508 e.